The van der Waals surface area contributed by atoms with Gasteiger partial charge < -0.3 is 5.32 Å². The van der Waals surface area contributed by atoms with Gasteiger partial charge in [-0.15, -0.1) is 11.3 Å². The number of nitrogens with one attached hydrogen (secondary N) is 1. The summed E-state index contributed by atoms with van der Waals surface area (Å²) in [5.74, 6) is 0. The fourth-order valence-corrected chi connectivity index (χ4v) is 4.43. The van der Waals surface area contributed by atoms with Gasteiger partial charge in [0.25, 0.3) is 0 Å². The summed E-state index contributed by atoms with van der Waals surface area (Å²) in [6, 6.07) is 8.27. The zero-order valence-electron chi connectivity index (χ0n) is 10.6. The maximum absolute atomic E-state index is 6.37. The van der Waals surface area contributed by atoms with Gasteiger partial charge in [-0.05, 0) is 64.8 Å². The highest BCUT2D eigenvalue weighted by Crippen LogP contribution is 2.36. The molecule has 1 unspecified atom stereocenters. The Bertz CT molecular complexity index is 583. The van der Waals surface area contributed by atoms with Gasteiger partial charge in [0.05, 0.1) is 9.83 Å². The molecule has 5 heteroatoms. The minimum atomic E-state index is 0.123. The number of thiophene rings is 1. The smallest absolute Gasteiger partial charge is 0.0704 e. The lowest BCUT2D eigenvalue weighted by Gasteiger charge is -2.20. The van der Waals surface area contributed by atoms with Crippen molar-refractivity contribution in [1.29, 1.82) is 0 Å². The zero-order chi connectivity index (χ0) is 14.0. The molecular formula is C14H14Br2ClNS. The summed E-state index contributed by atoms with van der Waals surface area (Å²) < 4.78 is 2.19. The van der Waals surface area contributed by atoms with E-state index in [0.29, 0.717) is 0 Å². The van der Waals surface area contributed by atoms with Crippen LogP contribution in [-0.2, 0) is 0 Å². The van der Waals surface area contributed by atoms with Crippen LogP contribution in [0.4, 0.5) is 0 Å². The van der Waals surface area contributed by atoms with Gasteiger partial charge in [0, 0.05) is 14.4 Å². The highest BCUT2D eigenvalue weighted by molar-refractivity contribution is 9.11. The summed E-state index contributed by atoms with van der Waals surface area (Å²) in [5, 5.41) is 4.31. The fraction of sp³-hybridized carbons (Fsp3) is 0.286. The van der Waals surface area contributed by atoms with E-state index in [2.05, 4.69) is 63.2 Å². The SMILES string of the molecule is CCNC(c1cc(Br)ccc1Cl)c1cc(Br)sc1C. The van der Waals surface area contributed by atoms with Gasteiger partial charge in [-0.3, -0.25) is 0 Å². The van der Waals surface area contributed by atoms with Gasteiger partial charge in [0.1, 0.15) is 0 Å². The van der Waals surface area contributed by atoms with Crippen LogP contribution in [0.2, 0.25) is 5.02 Å². The molecule has 0 spiro atoms. The van der Waals surface area contributed by atoms with Crippen LogP contribution in [-0.4, -0.2) is 6.54 Å². The lowest BCUT2D eigenvalue weighted by molar-refractivity contribution is 0.630. The Balaban J connectivity index is 2.51. The third-order valence-electron chi connectivity index (χ3n) is 2.91. The molecule has 0 bridgehead atoms. The third kappa shape index (κ3) is 3.61. The molecular weight excluding hydrogens is 409 g/mol. The molecule has 1 aromatic carbocycles. The van der Waals surface area contributed by atoms with Crippen LogP contribution in [0.15, 0.2) is 32.5 Å². The number of hydrogen-bond donors (Lipinski definition) is 1. The van der Waals surface area contributed by atoms with Crippen LogP contribution < -0.4 is 5.32 Å². The molecule has 0 saturated carbocycles. The average Bonchev–Trinajstić information content (AvgIpc) is 2.69. The molecule has 0 aliphatic carbocycles. The molecule has 0 aliphatic rings. The second kappa shape index (κ2) is 6.72. The number of aryl methyl sites for hydroxylation is 1. The van der Waals surface area contributed by atoms with Crippen LogP contribution in [0.3, 0.4) is 0 Å². The van der Waals surface area contributed by atoms with Crippen LogP contribution in [0.25, 0.3) is 0 Å². The number of benzene rings is 1. The standard InChI is InChI=1S/C14H14Br2ClNS/c1-3-18-14(10-7-13(16)19-8(10)2)11-6-9(15)4-5-12(11)17/h4-7,14,18H,3H2,1-2H3. The van der Waals surface area contributed by atoms with Crippen LogP contribution >= 0.6 is 54.8 Å². The molecule has 1 atom stereocenters. The Morgan fingerprint density at radius 2 is 2.00 bits per heavy atom. The maximum Gasteiger partial charge on any atom is 0.0704 e. The summed E-state index contributed by atoms with van der Waals surface area (Å²) in [7, 11) is 0. The molecule has 2 aromatic rings. The van der Waals surface area contributed by atoms with E-state index in [0.717, 1.165) is 25.4 Å². The molecule has 2 rings (SSSR count). The van der Waals surface area contributed by atoms with Gasteiger partial charge in [0.2, 0.25) is 0 Å². The van der Waals surface area contributed by atoms with Crippen molar-refractivity contribution in [3.05, 3.63) is 53.6 Å². The van der Waals surface area contributed by atoms with Crippen molar-refractivity contribution in [2.75, 3.05) is 6.54 Å². The van der Waals surface area contributed by atoms with Crippen LogP contribution in [0.1, 0.15) is 29.0 Å². The molecule has 1 heterocycles. The van der Waals surface area contributed by atoms with E-state index in [9.17, 15) is 0 Å². The van der Waals surface area contributed by atoms with Gasteiger partial charge in [0.15, 0.2) is 0 Å². The quantitative estimate of drug-likeness (QED) is 0.642. The second-order valence-corrected chi connectivity index (χ2v) is 8.18. The van der Waals surface area contributed by atoms with Crippen molar-refractivity contribution in [3.8, 4) is 0 Å². The van der Waals surface area contributed by atoms with E-state index in [1.54, 1.807) is 11.3 Å². The van der Waals surface area contributed by atoms with Crippen molar-refractivity contribution in [2.45, 2.75) is 19.9 Å². The van der Waals surface area contributed by atoms with E-state index in [1.165, 1.54) is 10.4 Å². The first kappa shape index (κ1) is 15.5. The van der Waals surface area contributed by atoms with E-state index in [4.69, 9.17) is 11.6 Å². The Hall–Kier alpha value is 0.130. The largest absolute Gasteiger partial charge is 0.306 e. The first-order valence-corrected chi connectivity index (χ1v) is 8.75. The molecule has 1 nitrogen and oxygen atoms in total. The minimum Gasteiger partial charge on any atom is -0.306 e. The van der Waals surface area contributed by atoms with Gasteiger partial charge in [-0.1, -0.05) is 34.5 Å². The van der Waals surface area contributed by atoms with Crippen LogP contribution in [0, 0.1) is 6.92 Å². The van der Waals surface area contributed by atoms with Gasteiger partial charge >= 0.3 is 0 Å². The molecule has 19 heavy (non-hydrogen) atoms. The van der Waals surface area contributed by atoms with Crippen molar-refractivity contribution in [2.24, 2.45) is 0 Å². The average molecular weight is 424 g/mol. The Morgan fingerprint density at radius 1 is 1.26 bits per heavy atom. The minimum absolute atomic E-state index is 0.123. The second-order valence-electron chi connectivity index (χ2n) is 4.22. The highest BCUT2D eigenvalue weighted by Gasteiger charge is 2.20. The van der Waals surface area contributed by atoms with Gasteiger partial charge in [-0.25, -0.2) is 0 Å². The molecule has 0 saturated heterocycles. The molecule has 0 aliphatic heterocycles. The summed E-state index contributed by atoms with van der Waals surface area (Å²) >= 11 is 15.2. The monoisotopic (exact) mass is 421 g/mol. The number of hydrogen-bond acceptors (Lipinski definition) is 2. The molecule has 1 aromatic heterocycles. The van der Waals surface area contributed by atoms with E-state index >= 15 is 0 Å². The lowest BCUT2D eigenvalue weighted by atomic mass is 9.99. The maximum atomic E-state index is 6.37. The van der Waals surface area contributed by atoms with Gasteiger partial charge in [-0.2, -0.15) is 0 Å². The number of halogens is 3. The summed E-state index contributed by atoms with van der Waals surface area (Å²) in [4.78, 5) is 1.30. The fourth-order valence-electron chi connectivity index (χ4n) is 2.07. The predicted molar refractivity (Wildman–Crippen MR) is 91.4 cm³/mol. The van der Waals surface area contributed by atoms with E-state index in [-0.39, 0.29) is 6.04 Å². The summed E-state index contributed by atoms with van der Waals surface area (Å²) in [5.41, 5.74) is 2.38. The predicted octanol–water partition coefficient (Wildman–Crippen LogP) is 5.93. The van der Waals surface area contributed by atoms with Crippen LogP contribution in [0.5, 0.6) is 0 Å². The molecule has 0 radical (unpaired) electrons. The summed E-state index contributed by atoms with van der Waals surface area (Å²) in [6.45, 7) is 5.14. The normalized spacial score (nSPS) is 12.7. The van der Waals surface area contributed by atoms with E-state index in [1.807, 2.05) is 12.1 Å². The first-order chi connectivity index (χ1) is 9.02. The highest BCUT2D eigenvalue weighted by atomic mass is 79.9. The number of rotatable bonds is 4. The van der Waals surface area contributed by atoms with Crippen molar-refractivity contribution < 1.29 is 0 Å². The Kier molecular flexibility index (Phi) is 5.49. The van der Waals surface area contributed by atoms with Crippen molar-refractivity contribution in [1.82, 2.24) is 5.32 Å². The van der Waals surface area contributed by atoms with Crippen molar-refractivity contribution >= 4 is 54.8 Å². The third-order valence-corrected chi connectivity index (χ3v) is 5.32. The Labute approximate surface area is 139 Å². The first-order valence-electron chi connectivity index (χ1n) is 5.97. The molecule has 0 fully saturated rings. The Morgan fingerprint density at radius 3 is 2.58 bits per heavy atom. The summed E-state index contributed by atoms with van der Waals surface area (Å²) in [6.07, 6.45) is 0. The zero-order valence-corrected chi connectivity index (χ0v) is 15.4. The van der Waals surface area contributed by atoms with Crippen molar-refractivity contribution in [3.63, 3.8) is 0 Å². The molecule has 1 N–H and O–H groups in total. The lowest BCUT2D eigenvalue weighted by Crippen LogP contribution is -2.22. The molecule has 102 valence electrons. The van der Waals surface area contributed by atoms with E-state index < -0.39 is 0 Å². The topological polar surface area (TPSA) is 12.0 Å². The molecule has 0 amide bonds.